The number of esters is 1. The van der Waals surface area contributed by atoms with E-state index in [0.29, 0.717) is 17.8 Å². The lowest BCUT2D eigenvalue weighted by Crippen LogP contribution is -2.32. The van der Waals surface area contributed by atoms with E-state index in [2.05, 4.69) is 5.32 Å². The summed E-state index contributed by atoms with van der Waals surface area (Å²) in [4.78, 5) is 28.0. The van der Waals surface area contributed by atoms with Gasteiger partial charge in [-0.05, 0) is 23.3 Å². The zero-order chi connectivity index (χ0) is 20.9. The number of anilines is 1. The van der Waals surface area contributed by atoms with Crippen molar-refractivity contribution in [2.45, 2.75) is 12.6 Å². The number of hydrogen-bond donors (Lipinski definition) is 1. The van der Waals surface area contributed by atoms with Crippen LogP contribution in [0.4, 0.5) is 5.69 Å². The minimum atomic E-state index is -0.577. The van der Waals surface area contributed by atoms with E-state index in [1.165, 1.54) is 7.11 Å². The third-order valence-electron chi connectivity index (χ3n) is 5.10. The van der Waals surface area contributed by atoms with Gasteiger partial charge in [-0.2, -0.15) is 0 Å². The Morgan fingerprint density at radius 2 is 1.47 bits per heavy atom. The van der Waals surface area contributed by atoms with Crippen LogP contribution in [-0.2, 0) is 20.9 Å². The largest absolute Gasteiger partial charge is 0.466 e. The van der Waals surface area contributed by atoms with E-state index in [1.807, 2.05) is 91.0 Å². The van der Waals surface area contributed by atoms with Gasteiger partial charge in [0.25, 0.3) is 5.91 Å². The second-order valence-corrected chi connectivity index (χ2v) is 6.94. The quantitative estimate of drug-likeness (QED) is 0.638. The summed E-state index contributed by atoms with van der Waals surface area (Å²) in [5, 5.41) is 3.20. The van der Waals surface area contributed by atoms with Gasteiger partial charge in [-0.25, -0.2) is 4.79 Å². The van der Waals surface area contributed by atoms with E-state index in [0.717, 1.165) is 11.1 Å². The molecular formula is C25H22N2O3. The summed E-state index contributed by atoms with van der Waals surface area (Å²) in [7, 11) is 1.34. The Morgan fingerprint density at radius 1 is 0.900 bits per heavy atom. The van der Waals surface area contributed by atoms with Crippen molar-refractivity contribution in [2.24, 2.45) is 0 Å². The summed E-state index contributed by atoms with van der Waals surface area (Å²) >= 11 is 0. The number of carbonyl (C=O) groups is 2. The van der Waals surface area contributed by atoms with Crippen LogP contribution in [0.25, 0.3) is 0 Å². The molecule has 5 heteroatoms. The van der Waals surface area contributed by atoms with Gasteiger partial charge >= 0.3 is 5.97 Å². The molecule has 0 saturated carbocycles. The Labute approximate surface area is 175 Å². The number of para-hydroxylation sites is 1. The van der Waals surface area contributed by atoms with Crippen molar-refractivity contribution in [2.75, 3.05) is 12.0 Å². The second kappa shape index (κ2) is 8.66. The molecule has 30 heavy (non-hydrogen) atoms. The Balaban J connectivity index is 1.81. The highest BCUT2D eigenvalue weighted by Gasteiger charge is 2.44. The number of nitrogens with zero attached hydrogens (tertiary/aromatic N) is 1. The number of amides is 1. The molecule has 1 aliphatic rings. The predicted octanol–water partition coefficient (Wildman–Crippen LogP) is 3.99. The maximum absolute atomic E-state index is 13.5. The van der Waals surface area contributed by atoms with E-state index in [-0.39, 0.29) is 11.6 Å². The van der Waals surface area contributed by atoms with Crippen molar-refractivity contribution in [1.29, 1.82) is 0 Å². The molecule has 3 aromatic rings. The van der Waals surface area contributed by atoms with Crippen molar-refractivity contribution in [3.05, 3.63) is 113 Å². The van der Waals surface area contributed by atoms with Crippen LogP contribution in [0.15, 0.2) is 102 Å². The van der Waals surface area contributed by atoms with Crippen LogP contribution in [-0.4, -0.2) is 19.0 Å². The van der Waals surface area contributed by atoms with Gasteiger partial charge < -0.3 is 10.1 Å². The fourth-order valence-corrected chi connectivity index (χ4v) is 3.71. The first kappa shape index (κ1) is 19.5. The Hall–Kier alpha value is -3.86. The average molecular weight is 398 g/mol. The summed E-state index contributed by atoms with van der Waals surface area (Å²) in [5.41, 5.74) is 3.15. The fraction of sp³-hybridized carbons (Fsp3) is 0.120. The molecule has 1 heterocycles. The number of methoxy groups -OCH3 is 1. The number of nitrogens with one attached hydrogen (secondary N) is 1. The average Bonchev–Trinajstić information content (AvgIpc) is 3.11. The van der Waals surface area contributed by atoms with Crippen LogP contribution in [0.2, 0.25) is 0 Å². The molecule has 0 spiro atoms. The Morgan fingerprint density at radius 3 is 2.07 bits per heavy atom. The third kappa shape index (κ3) is 3.70. The number of hydrogen-bond acceptors (Lipinski definition) is 4. The first-order valence-corrected chi connectivity index (χ1v) is 9.74. The molecule has 0 bridgehead atoms. The molecule has 1 atom stereocenters. The van der Waals surface area contributed by atoms with Crippen LogP contribution in [0, 0.1) is 0 Å². The highest BCUT2D eigenvalue weighted by atomic mass is 16.5. The van der Waals surface area contributed by atoms with Crippen molar-refractivity contribution in [1.82, 2.24) is 5.32 Å². The van der Waals surface area contributed by atoms with Gasteiger partial charge in [0, 0.05) is 12.2 Å². The number of benzene rings is 3. The van der Waals surface area contributed by atoms with Gasteiger partial charge in [-0.1, -0.05) is 78.9 Å². The first-order chi connectivity index (χ1) is 14.7. The highest BCUT2D eigenvalue weighted by Crippen LogP contribution is 2.40. The topological polar surface area (TPSA) is 58.6 Å². The van der Waals surface area contributed by atoms with Gasteiger partial charge in [-0.3, -0.25) is 9.69 Å². The summed E-state index contributed by atoms with van der Waals surface area (Å²) in [5.74, 6) is -0.780. The van der Waals surface area contributed by atoms with E-state index in [4.69, 9.17) is 4.74 Å². The maximum Gasteiger partial charge on any atom is 0.338 e. The predicted molar refractivity (Wildman–Crippen MR) is 115 cm³/mol. The summed E-state index contributed by atoms with van der Waals surface area (Å²) in [6.07, 6.45) is 0. The standard InChI is InChI=1S/C25H22N2O3/c1-30-25(29)21-22(26-17-18-11-5-2-6-12-18)24(28)27(20-15-9-4-10-16-20)23(21)19-13-7-3-8-14-19/h2-16,23,26H,17H2,1H3. The molecule has 150 valence electrons. The SMILES string of the molecule is COC(=O)C1=C(NCc2ccccc2)C(=O)N(c2ccccc2)C1c1ccccc1. The van der Waals surface area contributed by atoms with Crippen LogP contribution in [0.1, 0.15) is 17.2 Å². The smallest absolute Gasteiger partial charge is 0.338 e. The minimum absolute atomic E-state index is 0.258. The van der Waals surface area contributed by atoms with E-state index in [1.54, 1.807) is 4.90 Å². The lowest BCUT2D eigenvalue weighted by atomic mass is 9.98. The van der Waals surface area contributed by atoms with E-state index < -0.39 is 12.0 Å². The van der Waals surface area contributed by atoms with Crippen molar-refractivity contribution >= 4 is 17.6 Å². The Bertz CT molecular complexity index is 1060. The summed E-state index contributed by atoms with van der Waals surface area (Å²) in [6, 6.07) is 28.1. The molecule has 1 amide bonds. The van der Waals surface area contributed by atoms with Crippen LogP contribution in [0.5, 0.6) is 0 Å². The molecule has 0 aliphatic carbocycles. The lowest BCUT2D eigenvalue weighted by molar-refractivity contribution is -0.136. The van der Waals surface area contributed by atoms with Gasteiger partial charge in [0.05, 0.1) is 18.7 Å². The lowest BCUT2D eigenvalue weighted by Gasteiger charge is -2.26. The van der Waals surface area contributed by atoms with Gasteiger partial charge in [0.1, 0.15) is 5.70 Å². The number of carbonyl (C=O) groups excluding carboxylic acids is 2. The van der Waals surface area contributed by atoms with Gasteiger partial charge in [-0.15, -0.1) is 0 Å². The second-order valence-electron chi connectivity index (χ2n) is 6.94. The molecule has 0 radical (unpaired) electrons. The van der Waals surface area contributed by atoms with Crippen LogP contribution in [0.3, 0.4) is 0 Å². The highest BCUT2D eigenvalue weighted by molar-refractivity contribution is 6.16. The molecule has 1 unspecified atom stereocenters. The molecular weight excluding hydrogens is 376 g/mol. The zero-order valence-corrected chi connectivity index (χ0v) is 16.6. The minimum Gasteiger partial charge on any atom is -0.466 e. The summed E-state index contributed by atoms with van der Waals surface area (Å²) in [6.45, 7) is 0.423. The Kier molecular flexibility index (Phi) is 5.61. The van der Waals surface area contributed by atoms with Gasteiger partial charge in [0.2, 0.25) is 0 Å². The zero-order valence-electron chi connectivity index (χ0n) is 16.6. The molecule has 1 aliphatic heterocycles. The molecule has 3 aromatic carbocycles. The van der Waals surface area contributed by atoms with Crippen molar-refractivity contribution < 1.29 is 14.3 Å². The first-order valence-electron chi connectivity index (χ1n) is 9.74. The fourth-order valence-electron chi connectivity index (χ4n) is 3.71. The van der Waals surface area contributed by atoms with Gasteiger partial charge in [0.15, 0.2) is 0 Å². The van der Waals surface area contributed by atoms with Crippen molar-refractivity contribution in [3.8, 4) is 0 Å². The molecule has 0 fully saturated rings. The molecule has 5 nitrogen and oxygen atoms in total. The number of ether oxygens (including phenoxy) is 1. The monoisotopic (exact) mass is 398 g/mol. The molecule has 1 N–H and O–H groups in total. The number of rotatable bonds is 6. The van der Waals surface area contributed by atoms with Crippen LogP contribution >= 0.6 is 0 Å². The summed E-state index contributed by atoms with van der Waals surface area (Å²) < 4.78 is 5.09. The van der Waals surface area contributed by atoms with Crippen LogP contribution < -0.4 is 10.2 Å². The molecule has 0 aromatic heterocycles. The van der Waals surface area contributed by atoms with E-state index in [9.17, 15) is 9.59 Å². The molecule has 4 rings (SSSR count). The van der Waals surface area contributed by atoms with E-state index >= 15 is 0 Å². The normalized spacial score (nSPS) is 16.0. The maximum atomic E-state index is 13.5. The third-order valence-corrected chi connectivity index (χ3v) is 5.10. The molecule has 0 saturated heterocycles. The van der Waals surface area contributed by atoms with Crippen molar-refractivity contribution in [3.63, 3.8) is 0 Å².